The standard InChI is InChI=1S/C20H23NO5/c1-4-25-18-10-8-17(9-11-18)21-19(22)14(2)26-20(23)16-7-5-6-15(12-16)13-24-3/h5-12,14H,4,13H2,1-3H3,(H,21,22)/t14-/m1/s1. The molecule has 2 aromatic carbocycles. The van der Waals surface area contributed by atoms with Gasteiger partial charge in [0.05, 0.1) is 18.8 Å². The van der Waals surface area contributed by atoms with E-state index in [1.54, 1.807) is 49.6 Å². The van der Waals surface area contributed by atoms with Crippen molar-refractivity contribution >= 4 is 17.6 Å². The summed E-state index contributed by atoms with van der Waals surface area (Å²) in [5.41, 5.74) is 1.83. The number of methoxy groups -OCH3 is 1. The first-order valence-electron chi connectivity index (χ1n) is 8.36. The lowest BCUT2D eigenvalue weighted by molar-refractivity contribution is -0.123. The van der Waals surface area contributed by atoms with Crippen LogP contribution in [0.3, 0.4) is 0 Å². The van der Waals surface area contributed by atoms with Crippen LogP contribution >= 0.6 is 0 Å². The van der Waals surface area contributed by atoms with Gasteiger partial charge in [-0.3, -0.25) is 4.79 Å². The van der Waals surface area contributed by atoms with E-state index in [-0.39, 0.29) is 0 Å². The first kappa shape index (κ1) is 19.5. The van der Waals surface area contributed by atoms with Crippen LogP contribution in [0, 0.1) is 0 Å². The van der Waals surface area contributed by atoms with Crippen molar-refractivity contribution in [2.45, 2.75) is 26.6 Å². The predicted octanol–water partition coefficient (Wildman–Crippen LogP) is 3.42. The van der Waals surface area contributed by atoms with Gasteiger partial charge in [-0.1, -0.05) is 12.1 Å². The van der Waals surface area contributed by atoms with Gasteiger partial charge in [0.2, 0.25) is 0 Å². The highest BCUT2D eigenvalue weighted by Crippen LogP contribution is 2.16. The zero-order valence-electron chi connectivity index (χ0n) is 15.2. The minimum atomic E-state index is -0.930. The van der Waals surface area contributed by atoms with E-state index in [2.05, 4.69) is 5.32 Å². The Kier molecular flexibility index (Phi) is 7.17. The molecule has 1 N–H and O–H groups in total. The van der Waals surface area contributed by atoms with Gasteiger partial charge in [0.1, 0.15) is 5.75 Å². The number of esters is 1. The van der Waals surface area contributed by atoms with Gasteiger partial charge in [-0.2, -0.15) is 0 Å². The second-order valence-electron chi connectivity index (χ2n) is 5.63. The van der Waals surface area contributed by atoms with Crippen molar-refractivity contribution < 1.29 is 23.8 Å². The zero-order valence-corrected chi connectivity index (χ0v) is 15.2. The summed E-state index contributed by atoms with van der Waals surface area (Å²) in [5, 5.41) is 2.71. The SMILES string of the molecule is CCOc1ccc(NC(=O)[C@@H](C)OC(=O)c2cccc(COC)c2)cc1. The van der Waals surface area contributed by atoms with Crippen LogP contribution in [0.5, 0.6) is 5.75 Å². The Hall–Kier alpha value is -2.86. The number of rotatable bonds is 8. The van der Waals surface area contributed by atoms with Crippen molar-refractivity contribution in [2.75, 3.05) is 19.0 Å². The Morgan fingerprint density at radius 3 is 2.50 bits per heavy atom. The average molecular weight is 357 g/mol. The van der Waals surface area contributed by atoms with Crippen molar-refractivity contribution in [3.8, 4) is 5.75 Å². The third kappa shape index (κ3) is 5.60. The third-order valence-corrected chi connectivity index (χ3v) is 3.56. The van der Waals surface area contributed by atoms with Gasteiger partial charge >= 0.3 is 5.97 Å². The van der Waals surface area contributed by atoms with E-state index < -0.39 is 18.0 Å². The van der Waals surface area contributed by atoms with Crippen molar-refractivity contribution in [3.63, 3.8) is 0 Å². The maximum Gasteiger partial charge on any atom is 0.338 e. The van der Waals surface area contributed by atoms with E-state index in [1.165, 1.54) is 6.92 Å². The van der Waals surface area contributed by atoms with E-state index >= 15 is 0 Å². The maximum atomic E-state index is 12.2. The Morgan fingerprint density at radius 1 is 1.12 bits per heavy atom. The second kappa shape index (κ2) is 9.58. The normalized spacial score (nSPS) is 11.5. The van der Waals surface area contributed by atoms with Gasteiger partial charge in [-0.15, -0.1) is 0 Å². The molecule has 2 rings (SSSR count). The van der Waals surface area contributed by atoms with Gasteiger partial charge in [0, 0.05) is 12.8 Å². The van der Waals surface area contributed by atoms with E-state index in [0.29, 0.717) is 24.5 Å². The molecule has 0 unspecified atom stereocenters. The molecule has 138 valence electrons. The van der Waals surface area contributed by atoms with E-state index in [4.69, 9.17) is 14.2 Å². The summed E-state index contributed by atoms with van der Waals surface area (Å²) >= 11 is 0. The van der Waals surface area contributed by atoms with Crippen LogP contribution < -0.4 is 10.1 Å². The van der Waals surface area contributed by atoms with Crippen LogP contribution in [0.4, 0.5) is 5.69 Å². The first-order valence-corrected chi connectivity index (χ1v) is 8.36. The predicted molar refractivity (Wildman–Crippen MR) is 98.3 cm³/mol. The first-order chi connectivity index (χ1) is 12.5. The van der Waals surface area contributed by atoms with Gasteiger partial charge in [-0.05, 0) is 55.8 Å². The van der Waals surface area contributed by atoms with Gasteiger partial charge in [-0.25, -0.2) is 4.79 Å². The van der Waals surface area contributed by atoms with Gasteiger partial charge in [0.15, 0.2) is 6.10 Å². The fourth-order valence-electron chi connectivity index (χ4n) is 2.28. The average Bonchev–Trinajstić information content (AvgIpc) is 2.64. The number of hydrogen-bond acceptors (Lipinski definition) is 5. The zero-order chi connectivity index (χ0) is 18.9. The summed E-state index contributed by atoms with van der Waals surface area (Å²) in [4.78, 5) is 24.4. The molecule has 0 saturated heterocycles. The molecule has 1 amide bonds. The van der Waals surface area contributed by atoms with Crippen LogP contribution in [0.2, 0.25) is 0 Å². The number of carbonyl (C=O) groups is 2. The highest BCUT2D eigenvalue weighted by atomic mass is 16.5. The fourth-order valence-corrected chi connectivity index (χ4v) is 2.28. The van der Waals surface area contributed by atoms with Crippen LogP contribution in [0.15, 0.2) is 48.5 Å². The van der Waals surface area contributed by atoms with Crippen LogP contribution in [0.25, 0.3) is 0 Å². The number of hydrogen-bond donors (Lipinski definition) is 1. The molecule has 2 aromatic rings. The molecular weight excluding hydrogens is 334 g/mol. The molecule has 0 aromatic heterocycles. The molecule has 26 heavy (non-hydrogen) atoms. The molecule has 0 spiro atoms. The molecule has 0 radical (unpaired) electrons. The van der Waals surface area contributed by atoms with Crippen molar-refractivity contribution in [2.24, 2.45) is 0 Å². The summed E-state index contributed by atoms with van der Waals surface area (Å²) in [6, 6.07) is 13.9. The topological polar surface area (TPSA) is 73.9 Å². The number of ether oxygens (including phenoxy) is 3. The smallest absolute Gasteiger partial charge is 0.338 e. The number of nitrogens with one attached hydrogen (secondary N) is 1. The Morgan fingerprint density at radius 2 is 1.85 bits per heavy atom. The molecule has 0 aliphatic heterocycles. The quantitative estimate of drug-likeness (QED) is 0.733. The summed E-state index contributed by atoms with van der Waals surface area (Å²) in [5.74, 6) is -0.242. The summed E-state index contributed by atoms with van der Waals surface area (Å²) in [7, 11) is 1.58. The largest absolute Gasteiger partial charge is 0.494 e. The summed E-state index contributed by atoms with van der Waals surface area (Å²) in [6.07, 6.45) is -0.930. The highest BCUT2D eigenvalue weighted by molar-refractivity contribution is 5.97. The highest BCUT2D eigenvalue weighted by Gasteiger charge is 2.19. The second-order valence-corrected chi connectivity index (χ2v) is 5.63. The van der Waals surface area contributed by atoms with Crippen molar-refractivity contribution in [3.05, 3.63) is 59.7 Å². The lowest BCUT2D eigenvalue weighted by Crippen LogP contribution is -2.30. The summed E-state index contributed by atoms with van der Waals surface area (Å²) < 4.78 is 15.6. The number of carbonyl (C=O) groups excluding carboxylic acids is 2. The molecule has 0 bridgehead atoms. The lowest BCUT2D eigenvalue weighted by Gasteiger charge is -2.14. The van der Waals surface area contributed by atoms with E-state index in [1.807, 2.05) is 13.0 Å². The van der Waals surface area contributed by atoms with Gasteiger partial charge in [0.25, 0.3) is 5.91 Å². The Bertz CT molecular complexity index is 742. The van der Waals surface area contributed by atoms with Gasteiger partial charge < -0.3 is 19.5 Å². The minimum Gasteiger partial charge on any atom is -0.494 e. The van der Waals surface area contributed by atoms with E-state index in [9.17, 15) is 9.59 Å². The lowest BCUT2D eigenvalue weighted by atomic mass is 10.1. The minimum absolute atomic E-state index is 0.375. The monoisotopic (exact) mass is 357 g/mol. The Balaban J connectivity index is 1.93. The molecule has 6 nitrogen and oxygen atoms in total. The van der Waals surface area contributed by atoms with Crippen LogP contribution in [-0.2, 0) is 20.9 Å². The molecule has 0 heterocycles. The number of amides is 1. The van der Waals surface area contributed by atoms with Crippen molar-refractivity contribution in [1.82, 2.24) is 0 Å². The molecule has 0 aliphatic carbocycles. The Labute approximate surface area is 153 Å². The molecule has 0 fully saturated rings. The summed E-state index contributed by atoms with van der Waals surface area (Å²) in [6.45, 7) is 4.40. The number of anilines is 1. The molecule has 1 atom stereocenters. The van der Waals surface area contributed by atoms with Crippen molar-refractivity contribution in [1.29, 1.82) is 0 Å². The van der Waals surface area contributed by atoms with E-state index in [0.717, 1.165) is 11.3 Å². The molecule has 0 aliphatic rings. The van der Waals surface area contributed by atoms with Crippen LogP contribution in [-0.4, -0.2) is 31.7 Å². The number of benzene rings is 2. The molecule has 0 saturated carbocycles. The molecular formula is C20H23NO5. The van der Waals surface area contributed by atoms with Crippen LogP contribution in [0.1, 0.15) is 29.8 Å². The maximum absolute atomic E-state index is 12.2. The third-order valence-electron chi connectivity index (χ3n) is 3.56. The fraction of sp³-hybridized carbons (Fsp3) is 0.300. The molecule has 6 heteroatoms.